The second-order valence-electron chi connectivity index (χ2n) is 6.37. The molecule has 0 spiro atoms. The molecule has 2 aromatic rings. The van der Waals surface area contributed by atoms with E-state index < -0.39 is 6.10 Å². The van der Waals surface area contributed by atoms with Gasteiger partial charge in [-0.05, 0) is 47.2 Å². The fourth-order valence-corrected chi connectivity index (χ4v) is 3.42. The fraction of sp³-hybridized carbons (Fsp3) is 0.400. The largest absolute Gasteiger partial charge is 0.392 e. The minimum atomic E-state index is -0.544. The molecule has 1 fully saturated rings. The Kier molecular flexibility index (Phi) is 4.89. The van der Waals surface area contributed by atoms with Gasteiger partial charge in [0.05, 0.1) is 6.10 Å². The third kappa shape index (κ3) is 3.75. The summed E-state index contributed by atoms with van der Waals surface area (Å²) in [4.78, 5) is 0. The van der Waals surface area contributed by atoms with Crippen LogP contribution in [0, 0.1) is 5.92 Å². The molecule has 2 aromatic carbocycles. The Hall–Kier alpha value is -1.67. The van der Waals surface area contributed by atoms with Crippen LogP contribution in [0.5, 0.6) is 0 Å². The summed E-state index contributed by atoms with van der Waals surface area (Å²) in [5, 5.41) is 12.5. The molecule has 1 aliphatic carbocycles. The van der Waals surface area contributed by atoms with Gasteiger partial charge in [-0.2, -0.15) is 0 Å². The van der Waals surface area contributed by atoms with E-state index in [9.17, 15) is 9.50 Å². The first-order valence-electron chi connectivity index (χ1n) is 8.25. The minimum absolute atomic E-state index is 0.136. The van der Waals surface area contributed by atoms with E-state index in [1.165, 1.54) is 6.42 Å². The summed E-state index contributed by atoms with van der Waals surface area (Å²) >= 11 is 0. The van der Waals surface area contributed by atoms with Gasteiger partial charge in [-0.25, -0.2) is 4.39 Å². The van der Waals surface area contributed by atoms with Gasteiger partial charge in [0.15, 0.2) is 0 Å². The number of hydrogen-bond donors (Lipinski definition) is 1. The summed E-state index contributed by atoms with van der Waals surface area (Å²) in [5.74, 6) is 0.0397. The van der Waals surface area contributed by atoms with E-state index >= 15 is 0 Å². The Bertz CT molecular complexity index is 656. The summed E-state index contributed by atoms with van der Waals surface area (Å²) in [6, 6.07) is 14.0. The Morgan fingerprint density at radius 3 is 2.59 bits per heavy atom. The van der Waals surface area contributed by atoms with Gasteiger partial charge in [-0.1, -0.05) is 55.7 Å². The number of hydrogen-bond acceptors (Lipinski definition) is 1. The molecule has 1 atom stereocenters. The van der Waals surface area contributed by atoms with Crippen molar-refractivity contribution < 1.29 is 9.50 Å². The molecule has 1 N–H and O–H groups in total. The van der Waals surface area contributed by atoms with E-state index in [0.29, 0.717) is 0 Å². The molecule has 0 radical (unpaired) electrons. The van der Waals surface area contributed by atoms with E-state index in [1.807, 2.05) is 42.5 Å². The van der Waals surface area contributed by atoms with Crippen LogP contribution in [-0.2, 0) is 0 Å². The second-order valence-corrected chi connectivity index (χ2v) is 6.37. The van der Waals surface area contributed by atoms with E-state index in [2.05, 4.69) is 0 Å². The van der Waals surface area contributed by atoms with Crippen molar-refractivity contribution in [3.8, 4) is 0 Å². The van der Waals surface area contributed by atoms with Crippen molar-refractivity contribution in [2.75, 3.05) is 0 Å². The normalized spacial score (nSPS) is 18.5. The number of fused-ring (bicyclic) bond motifs is 1. The molecule has 3 rings (SSSR count). The summed E-state index contributed by atoms with van der Waals surface area (Å²) in [6.45, 7) is 0. The lowest BCUT2D eigenvalue weighted by Crippen LogP contribution is -2.22. The number of aliphatic hydroxyl groups is 1. The molecule has 1 saturated carbocycles. The first kappa shape index (κ1) is 15.2. The molecule has 0 amide bonds. The number of aliphatic hydroxyl groups excluding tert-OH is 1. The summed E-state index contributed by atoms with van der Waals surface area (Å²) < 4.78 is 14.2. The minimum Gasteiger partial charge on any atom is -0.392 e. The highest BCUT2D eigenvalue weighted by molar-refractivity contribution is 5.84. The molecule has 2 heteroatoms. The predicted octanol–water partition coefficient (Wildman–Crippen LogP) is 5.48. The summed E-state index contributed by atoms with van der Waals surface area (Å²) in [7, 11) is 0. The highest BCUT2D eigenvalue weighted by Crippen LogP contribution is 2.29. The van der Waals surface area contributed by atoms with Crippen molar-refractivity contribution in [2.24, 2.45) is 5.92 Å². The maximum atomic E-state index is 14.2. The van der Waals surface area contributed by atoms with Gasteiger partial charge in [0.2, 0.25) is 0 Å². The van der Waals surface area contributed by atoms with Gasteiger partial charge in [-0.3, -0.25) is 0 Å². The van der Waals surface area contributed by atoms with Crippen LogP contribution >= 0.6 is 0 Å². The molecule has 1 aliphatic rings. The zero-order chi connectivity index (χ0) is 15.4. The Labute approximate surface area is 131 Å². The second kappa shape index (κ2) is 7.06. The Balaban J connectivity index is 1.69. The third-order valence-corrected chi connectivity index (χ3v) is 4.69. The molecule has 0 heterocycles. The average molecular weight is 298 g/mol. The van der Waals surface area contributed by atoms with E-state index in [0.717, 1.165) is 42.0 Å². The van der Waals surface area contributed by atoms with Crippen molar-refractivity contribution in [3.05, 3.63) is 53.9 Å². The lowest BCUT2D eigenvalue weighted by Gasteiger charge is -2.26. The van der Waals surface area contributed by atoms with Crippen LogP contribution in [0.25, 0.3) is 16.8 Å². The molecular formula is C20H23FO. The zero-order valence-electron chi connectivity index (χ0n) is 12.8. The van der Waals surface area contributed by atoms with Crippen LogP contribution in [0.4, 0.5) is 4.39 Å². The van der Waals surface area contributed by atoms with E-state index in [1.54, 1.807) is 6.08 Å². The molecule has 0 saturated heterocycles. The number of halogens is 1. The molecule has 0 aliphatic heterocycles. The summed E-state index contributed by atoms with van der Waals surface area (Å²) in [6.07, 6.45) is 6.79. The molecule has 0 aromatic heterocycles. The molecule has 1 unspecified atom stereocenters. The van der Waals surface area contributed by atoms with Crippen LogP contribution in [0.1, 0.15) is 44.1 Å². The standard InChI is InChI=1S/C20H23FO/c21-19(14-20(22)17-7-2-1-3-8-17)13-15-10-11-16-6-4-5-9-18(16)12-15/h4-6,9-13,17,20,22H,1-3,7-8,14H2/b19-13-. The quantitative estimate of drug-likeness (QED) is 0.792. The average Bonchev–Trinajstić information content (AvgIpc) is 2.55. The van der Waals surface area contributed by atoms with Crippen LogP contribution in [0.2, 0.25) is 0 Å². The van der Waals surface area contributed by atoms with Crippen LogP contribution in [0.15, 0.2) is 48.3 Å². The maximum Gasteiger partial charge on any atom is 0.103 e. The number of rotatable bonds is 4. The van der Waals surface area contributed by atoms with Gasteiger partial charge in [0.25, 0.3) is 0 Å². The SMILES string of the molecule is OC(C/C(F)=C/c1ccc2ccccc2c1)C1CCCCC1. The molecule has 22 heavy (non-hydrogen) atoms. The Morgan fingerprint density at radius 1 is 1.09 bits per heavy atom. The number of benzene rings is 2. The van der Waals surface area contributed by atoms with Gasteiger partial charge >= 0.3 is 0 Å². The zero-order valence-corrected chi connectivity index (χ0v) is 12.8. The van der Waals surface area contributed by atoms with Crippen LogP contribution in [-0.4, -0.2) is 11.2 Å². The molecular weight excluding hydrogens is 275 g/mol. The van der Waals surface area contributed by atoms with Crippen molar-refractivity contribution in [3.63, 3.8) is 0 Å². The van der Waals surface area contributed by atoms with Gasteiger partial charge in [-0.15, -0.1) is 0 Å². The van der Waals surface area contributed by atoms with Crippen molar-refractivity contribution in [1.29, 1.82) is 0 Å². The van der Waals surface area contributed by atoms with E-state index in [4.69, 9.17) is 0 Å². The Morgan fingerprint density at radius 2 is 1.82 bits per heavy atom. The fourth-order valence-electron chi connectivity index (χ4n) is 3.42. The van der Waals surface area contributed by atoms with Crippen molar-refractivity contribution in [1.82, 2.24) is 0 Å². The molecule has 1 nitrogen and oxygen atoms in total. The van der Waals surface area contributed by atoms with Crippen molar-refractivity contribution in [2.45, 2.75) is 44.6 Å². The van der Waals surface area contributed by atoms with Gasteiger partial charge < -0.3 is 5.11 Å². The highest BCUT2D eigenvalue weighted by Gasteiger charge is 2.22. The first-order valence-corrected chi connectivity index (χ1v) is 8.25. The van der Waals surface area contributed by atoms with E-state index in [-0.39, 0.29) is 18.2 Å². The maximum absolute atomic E-state index is 14.2. The smallest absolute Gasteiger partial charge is 0.103 e. The lowest BCUT2D eigenvalue weighted by molar-refractivity contribution is 0.0808. The van der Waals surface area contributed by atoms with Gasteiger partial charge in [0, 0.05) is 6.42 Å². The first-order chi connectivity index (χ1) is 10.7. The third-order valence-electron chi connectivity index (χ3n) is 4.69. The monoisotopic (exact) mass is 298 g/mol. The lowest BCUT2D eigenvalue weighted by atomic mass is 9.84. The van der Waals surface area contributed by atoms with Crippen LogP contribution in [0.3, 0.4) is 0 Å². The topological polar surface area (TPSA) is 20.2 Å². The highest BCUT2D eigenvalue weighted by atomic mass is 19.1. The predicted molar refractivity (Wildman–Crippen MR) is 90.2 cm³/mol. The van der Waals surface area contributed by atoms with Crippen molar-refractivity contribution >= 4 is 16.8 Å². The van der Waals surface area contributed by atoms with Crippen LogP contribution < -0.4 is 0 Å². The molecule has 116 valence electrons. The van der Waals surface area contributed by atoms with Gasteiger partial charge in [0.1, 0.15) is 5.83 Å². The summed E-state index contributed by atoms with van der Waals surface area (Å²) in [5.41, 5.74) is 0.854. The molecule has 0 bridgehead atoms.